The van der Waals surface area contributed by atoms with Gasteiger partial charge < -0.3 is 9.84 Å². The van der Waals surface area contributed by atoms with Crippen molar-refractivity contribution in [3.05, 3.63) is 0 Å². The van der Waals surface area contributed by atoms with Gasteiger partial charge in [0.15, 0.2) is 0 Å². The number of carbonyl (C=O) groups excluding carboxylic acids is 2. The van der Waals surface area contributed by atoms with Crippen LogP contribution >= 0.6 is 0 Å². The van der Waals surface area contributed by atoms with E-state index in [1.807, 2.05) is 0 Å². The lowest BCUT2D eigenvalue weighted by molar-refractivity contribution is -0.166. The first-order valence-corrected chi connectivity index (χ1v) is 3.24. The van der Waals surface area contributed by atoms with Crippen LogP contribution in [0.2, 0.25) is 0 Å². The molecule has 11 heavy (non-hydrogen) atoms. The number of ether oxygens (including phenoxy) is 1. The normalized spacial score (nSPS) is 10.9. The molecule has 0 unspecified atom stereocenters. The van der Waals surface area contributed by atoms with E-state index in [9.17, 15) is 9.59 Å². The largest absolute Gasteiger partial charge is 0.395 e. The predicted molar refractivity (Wildman–Crippen MR) is 37.6 cm³/mol. The smallest absolute Gasteiger partial charge is 0.321 e. The van der Waals surface area contributed by atoms with Gasteiger partial charge in [-0.15, -0.1) is 0 Å². The highest BCUT2D eigenvalue weighted by Gasteiger charge is 2.29. The summed E-state index contributed by atoms with van der Waals surface area (Å²) in [6.45, 7) is 3.81. The molecule has 0 rings (SSSR count). The summed E-state index contributed by atoms with van der Waals surface area (Å²) >= 11 is 0. The summed E-state index contributed by atoms with van der Waals surface area (Å²) in [5, 5.41) is 8.67. The zero-order valence-corrected chi connectivity index (χ0v) is 6.88. The molecule has 1 N–H and O–H groups in total. The van der Waals surface area contributed by atoms with E-state index in [1.54, 1.807) is 0 Å². The number of carbonyl (C=O) groups is 2. The molecule has 0 saturated heterocycles. The summed E-state index contributed by atoms with van der Waals surface area (Å²) in [6.07, 6.45) is 0. The van der Waals surface area contributed by atoms with Crippen molar-refractivity contribution in [3.8, 4) is 0 Å². The lowest BCUT2D eigenvalue weighted by Gasteiger charge is -2.17. The van der Waals surface area contributed by atoms with Gasteiger partial charge in [0.25, 0.3) is 0 Å². The fourth-order valence-corrected chi connectivity index (χ4v) is 0.333. The molecule has 64 valence electrons. The number of hydrogen-bond acceptors (Lipinski definition) is 4. The van der Waals surface area contributed by atoms with Gasteiger partial charge in [0.2, 0.25) is 0 Å². The molecule has 0 aromatic heterocycles. The molecule has 0 aliphatic carbocycles. The lowest BCUT2D eigenvalue weighted by Crippen LogP contribution is -2.31. The molecule has 0 saturated carbocycles. The van der Waals surface area contributed by atoms with E-state index in [-0.39, 0.29) is 6.61 Å². The topological polar surface area (TPSA) is 63.6 Å². The maximum Gasteiger partial charge on any atom is 0.321 e. The van der Waals surface area contributed by atoms with Gasteiger partial charge in [-0.3, -0.25) is 9.59 Å². The Bertz CT molecular complexity index is 171. The molecule has 0 amide bonds. The van der Waals surface area contributed by atoms with E-state index in [0.29, 0.717) is 0 Å². The van der Waals surface area contributed by atoms with Crippen LogP contribution in [0.3, 0.4) is 0 Å². The van der Waals surface area contributed by atoms with Crippen LogP contribution in [-0.4, -0.2) is 23.7 Å². The van der Waals surface area contributed by atoms with Crippen molar-refractivity contribution in [2.75, 3.05) is 6.61 Å². The highest BCUT2D eigenvalue weighted by molar-refractivity contribution is 5.87. The third kappa shape index (κ3) is 3.13. The van der Waals surface area contributed by atoms with Gasteiger partial charge in [-0.05, 0) is 13.8 Å². The van der Waals surface area contributed by atoms with Crippen LogP contribution < -0.4 is 0 Å². The fraction of sp³-hybridized carbons (Fsp3) is 0.714. The second-order valence-corrected chi connectivity index (χ2v) is 2.92. The molecule has 0 aromatic carbocycles. The molecule has 0 spiro atoms. The van der Waals surface area contributed by atoms with Crippen LogP contribution in [0.25, 0.3) is 0 Å². The molecule has 4 nitrogen and oxygen atoms in total. The van der Waals surface area contributed by atoms with Gasteiger partial charge >= 0.3 is 11.9 Å². The molecule has 0 radical (unpaired) electrons. The second-order valence-electron chi connectivity index (χ2n) is 2.92. The molecule has 0 heterocycles. The maximum atomic E-state index is 10.9. The number of aliphatic hydroxyl groups excluding tert-OH is 1. The van der Waals surface area contributed by atoms with Crippen molar-refractivity contribution in [1.82, 2.24) is 0 Å². The van der Waals surface area contributed by atoms with Crippen molar-refractivity contribution in [3.63, 3.8) is 0 Å². The highest BCUT2D eigenvalue weighted by atomic mass is 16.6. The summed E-state index contributed by atoms with van der Waals surface area (Å²) in [5.74, 6) is -1.36. The summed E-state index contributed by atoms with van der Waals surface area (Å²) in [6, 6.07) is 0. The summed E-state index contributed by atoms with van der Waals surface area (Å²) in [7, 11) is 0. The van der Waals surface area contributed by atoms with Crippen molar-refractivity contribution < 1.29 is 19.4 Å². The minimum Gasteiger partial charge on any atom is -0.395 e. The quantitative estimate of drug-likeness (QED) is 0.459. The van der Waals surface area contributed by atoms with Crippen molar-refractivity contribution in [2.45, 2.75) is 20.8 Å². The van der Waals surface area contributed by atoms with E-state index in [1.165, 1.54) is 13.8 Å². The third-order valence-electron chi connectivity index (χ3n) is 1.18. The minimum atomic E-state index is -0.994. The molecule has 0 aliphatic heterocycles. The molecule has 0 bridgehead atoms. The third-order valence-corrected chi connectivity index (χ3v) is 1.18. The molecular weight excluding hydrogens is 148 g/mol. The fourth-order valence-electron chi connectivity index (χ4n) is 0.333. The number of aliphatic hydroxyl groups is 1. The summed E-state index contributed by atoms with van der Waals surface area (Å²) in [5.41, 5.74) is -0.994. The van der Waals surface area contributed by atoms with Crippen LogP contribution in [0.1, 0.15) is 20.8 Å². The zero-order chi connectivity index (χ0) is 9.07. The van der Waals surface area contributed by atoms with E-state index in [4.69, 9.17) is 5.11 Å². The Morgan fingerprint density at radius 2 is 1.91 bits per heavy atom. The highest BCUT2D eigenvalue weighted by Crippen LogP contribution is 2.15. The standard InChI is InChI=1S/C7H12O4/c1-5(9)11-6(10)7(2,3)4-8/h8H,4H2,1-3H3. The monoisotopic (exact) mass is 160 g/mol. The first-order valence-electron chi connectivity index (χ1n) is 3.24. The molecule has 0 aromatic rings. The molecular formula is C7H12O4. The lowest BCUT2D eigenvalue weighted by atomic mass is 9.95. The molecule has 0 fully saturated rings. The maximum absolute atomic E-state index is 10.9. The van der Waals surface area contributed by atoms with Gasteiger partial charge in [-0.25, -0.2) is 0 Å². The van der Waals surface area contributed by atoms with E-state index < -0.39 is 17.4 Å². The molecule has 0 atom stereocenters. The molecule has 0 aliphatic rings. The van der Waals surface area contributed by atoms with Gasteiger partial charge in [0.05, 0.1) is 12.0 Å². The Labute approximate surface area is 65.2 Å². The van der Waals surface area contributed by atoms with Crippen LogP contribution in [0, 0.1) is 5.41 Å². The first kappa shape index (κ1) is 10.1. The van der Waals surface area contributed by atoms with E-state index in [2.05, 4.69) is 4.74 Å². The SMILES string of the molecule is CC(=O)OC(=O)C(C)(C)CO. The average Bonchev–Trinajstić information content (AvgIpc) is 1.86. The van der Waals surface area contributed by atoms with Gasteiger partial charge in [0, 0.05) is 6.92 Å². The number of rotatable bonds is 2. The summed E-state index contributed by atoms with van der Waals surface area (Å²) < 4.78 is 4.27. The van der Waals surface area contributed by atoms with E-state index in [0.717, 1.165) is 6.92 Å². The van der Waals surface area contributed by atoms with Crippen LogP contribution in [0.4, 0.5) is 0 Å². The summed E-state index contributed by atoms with van der Waals surface area (Å²) in [4.78, 5) is 21.2. The van der Waals surface area contributed by atoms with Crippen LogP contribution in [-0.2, 0) is 14.3 Å². The van der Waals surface area contributed by atoms with Gasteiger partial charge in [0.1, 0.15) is 0 Å². The van der Waals surface area contributed by atoms with Crippen molar-refractivity contribution in [2.24, 2.45) is 5.41 Å². The minimum absolute atomic E-state index is 0.334. The molecule has 4 heteroatoms. The van der Waals surface area contributed by atoms with Crippen molar-refractivity contribution in [1.29, 1.82) is 0 Å². The first-order chi connectivity index (χ1) is 4.90. The Morgan fingerprint density at radius 3 is 2.18 bits per heavy atom. The Hall–Kier alpha value is -0.900. The Balaban J connectivity index is 4.13. The number of esters is 2. The van der Waals surface area contributed by atoms with Crippen LogP contribution in [0.15, 0.2) is 0 Å². The van der Waals surface area contributed by atoms with Gasteiger partial charge in [-0.1, -0.05) is 0 Å². The average molecular weight is 160 g/mol. The Kier molecular flexibility index (Phi) is 3.19. The van der Waals surface area contributed by atoms with E-state index >= 15 is 0 Å². The van der Waals surface area contributed by atoms with Crippen LogP contribution in [0.5, 0.6) is 0 Å². The second kappa shape index (κ2) is 3.48. The van der Waals surface area contributed by atoms with Crippen molar-refractivity contribution >= 4 is 11.9 Å². The number of hydrogen-bond donors (Lipinski definition) is 1. The van der Waals surface area contributed by atoms with Gasteiger partial charge in [-0.2, -0.15) is 0 Å². The Morgan fingerprint density at radius 1 is 1.45 bits per heavy atom. The zero-order valence-electron chi connectivity index (χ0n) is 6.88. The predicted octanol–water partition coefficient (Wildman–Crippen LogP) is 0.0946.